The van der Waals surface area contributed by atoms with Crippen molar-refractivity contribution in [1.29, 1.82) is 0 Å². The summed E-state index contributed by atoms with van der Waals surface area (Å²) in [5.41, 5.74) is -0.346. The summed E-state index contributed by atoms with van der Waals surface area (Å²) in [6.45, 7) is 11.9. The van der Waals surface area contributed by atoms with E-state index in [0.29, 0.717) is 39.1 Å². The van der Waals surface area contributed by atoms with E-state index >= 15 is 0 Å². The molecule has 0 aliphatic carbocycles. The monoisotopic (exact) mass is 767 g/mol. The Morgan fingerprint density at radius 1 is 1.09 bits per heavy atom. The summed E-state index contributed by atoms with van der Waals surface area (Å²) < 4.78 is 27.8. The van der Waals surface area contributed by atoms with E-state index in [1.54, 1.807) is 33.9 Å². The number of benzene rings is 2. The summed E-state index contributed by atoms with van der Waals surface area (Å²) in [6, 6.07) is 11.0. The van der Waals surface area contributed by atoms with Crippen molar-refractivity contribution in [3.8, 4) is 0 Å². The number of aromatic nitrogens is 2. The van der Waals surface area contributed by atoms with E-state index in [1.165, 1.54) is 17.0 Å². The summed E-state index contributed by atoms with van der Waals surface area (Å²) in [5, 5.41) is 3.50. The SMILES string of the molecule is CN(C(=O)c1c(I)nc(N2CCC[C@@H](NC(=O)OC(C)(C)C)C2)n1Cc1ccccc1Cl)c1ccc(F)c(C(=O)OC(C)(C)C)c1. The standard InChI is InChI=1S/C33H40ClFIN5O5/c1-32(2,3)45-29(43)23-17-22(14-15-25(23)35)39(7)28(42)26-27(36)38-30(41(26)18-20-11-8-9-13-24(20)34)40-16-10-12-21(19-40)37-31(44)46-33(4,5)6/h8-9,11,13-15,17,21H,10,12,16,18-19H2,1-7H3,(H,37,44)/t21-/m1/s1. The fourth-order valence-electron chi connectivity index (χ4n) is 5.04. The molecule has 2 amide bonds. The lowest BCUT2D eigenvalue weighted by molar-refractivity contribution is 0.00642. The van der Waals surface area contributed by atoms with Gasteiger partial charge in [0.2, 0.25) is 5.95 Å². The lowest BCUT2D eigenvalue weighted by Gasteiger charge is -2.34. The molecule has 46 heavy (non-hydrogen) atoms. The highest BCUT2D eigenvalue weighted by Crippen LogP contribution is 2.30. The molecule has 1 aliphatic rings. The second-order valence-electron chi connectivity index (χ2n) is 13.2. The molecule has 13 heteroatoms. The Balaban J connectivity index is 1.70. The molecule has 1 fully saturated rings. The number of carbonyl (C=O) groups excluding carboxylic acids is 3. The van der Waals surface area contributed by atoms with E-state index in [1.807, 2.05) is 71.0 Å². The molecular formula is C33H40ClFIN5O5. The van der Waals surface area contributed by atoms with Gasteiger partial charge >= 0.3 is 12.1 Å². The van der Waals surface area contributed by atoms with Crippen molar-refractivity contribution in [3.63, 3.8) is 0 Å². The molecule has 10 nitrogen and oxygen atoms in total. The van der Waals surface area contributed by atoms with Gasteiger partial charge < -0.3 is 29.2 Å². The molecule has 0 unspecified atom stereocenters. The van der Waals surface area contributed by atoms with Crippen LogP contribution >= 0.6 is 34.2 Å². The first-order chi connectivity index (χ1) is 21.4. The number of esters is 1. The van der Waals surface area contributed by atoms with Gasteiger partial charge in [0.15, 0.2) is 0 Å². The smallest absolute Gasteiger partial charge is 0.407 e. The quantitative estimate of drug-likeness (QED) is 0.203. The van der Waals surface area contributed by atoms with E-state index in [9.17, 15) is 18.8 Å². The highest BCUT2D eigenvalue weighted by molar-refractivity contribution is 14.1. The fourth-order valence-corrected chi connectivity index (χ4v) is 5.98. The molecule has 1 atom stereocenters. The van der Waals surface area contributed by atoms with Crippen LogP contribution in [0.5, 0.6) is 0 Å². The number of rotatable bonds is 7. The van der Waals surface area contributed by atoms with E-state index in [2.05, 4.69) is 5.32 Å². The predicted molar refractivity (Wildman–Crippen MR) is 184 cm³/mol. The molecule has 0 radical (unpaired) electrons. The number of hydrogen-bond donors (Lipinski definition) is 1. The van der Waals surface area contributed by atoms with Crippen LogP contribution in [0, 0.1) is 9.52 Å². The number of anilines is 2. The molecule has 2 aromatic carbocycles. The Morgan fingerprint density at radius 3 is 2.41 bits per heavy atom. The zero-order valence-corrected chi connectivity index (χ0v) is 30.0. The van der Waals surface area contributed by atoms with Crippen molar-refractivity contribution in [3.05, 3.63) is 73.8 Å². The van der Waals surface area contributed by atoms with Gasteiger partial charge in [-0.05, 0) is 107 Å². The van der Waals surface area contributed by atoms with E-state index in [0.717, 1.165) is 24.5 Å². The molecule has 248 valence electrons. The van der Waals surface area contributed by atoms with Crippen LogP contribution in [0.3, 0.4) is 0 Å². The van der Waals surface area contributed by atoms with Gasteiger partial charge in [-0.3, -0.25) is 4.79 Å². The first-order valence-corrected chi connectivity index (χ1v) is 16.4. The molecule has 1 aromatic heterocycles. The number of carbonyl (C=O) groups is 3. The van der Waals surface area contributed by atoms with Crippen LogP contribution in [-0.2, 0) is 16.0 Å². The average molecular weight is 768 g/mol. The largest absolute Gasteiger partial charge is 0.456 e. The second-order valence-corrected chi connectivity index (χ2v) is 14.6. The fraction of sp³-hybridized carbons (Fsp3) is 0.455. The molecular weight excluding hydrogens is 728 g/mol. The van der Waals surface area contributed by atoms with Crippen LogP contribution in [-0.4, -0.2) is 64.9 Å². The minimum absolute atomic E-state index is 0.195. The Hall–Kier alpha value is -3.39. The average Bonchev–Trinajstić information content (AvgIpc) is 3.27. The number of alkyl carbamates (subject to hydrolysis) is 1. The van der Waals surface area contributed by atoms with E-state index < -0.39 is 35.0 Å². The van der Waals surface area contributed by atoms with Gasteiger partial charge in [-0.2, -0.15) is 0 Å². The zero-order valence-electron chi connectivity index (χ0n) is 27.1. The van der Waals surface area contributed by atoms with Gasteiger partial charge in [0.05, 0.1) is 12.1 Å². The summed E-state index contributed by atoms with van der Waals surface area (Å²) in [4.78, 5) is 47.7. The molecule has 0 bridgehead atoms. The minimum Gasteiger partial charge on any atom is -0.456 e. The number of nitrogens with one attached hydrogen (secondary N) is 1. The number of ether oxygens (including phenoxy) is 2. The third-order valence-corrected chi connectivity index (χ3v) is 8.20. The normalized spacial score (nSPS) is 15.3. The first-order valence-electron chi connectivity index (χ1n) is 15.0. The topological polar surface area (TPSA) is 106 Å². The van der Waals surface area contributed by atoms with Crippen molar-refractivity contribution in [2.24, 2.45) is 0 Å². The number of piperidine rings is 1. The lowest BCUT2D eigenvalue weighted by Crippen LogP contribution is -2.49. The number of nitrogens with zero attached hydrogens (tertiary/aromatic N) is 4. The Kier molecular flexibility index (Phi) is 10.9. The number of amides is 2. The molecule has 0 spiro atoms. The van der Waals surface area contributed by atoms with Crippen LogP contribution in [0.2, 0.25) is 5.02 Å². The van der Waals surface area contributed by atoms with E-state index in [-0.39, 0.29) is 18.2 Å². The Morgan fingerprint density at radius 2 is 1.76 bits per heavy atom. The molecule has 0 saturated carbocycles. The maximum absolute atomic E-state index is 14.7. The van der Waals surface area contributed by atoms with Crippen molar-refractivity contribution >= 4 is 63.8 Å². The second kappa shape index (κ2) is 14.2. The molecule has 4 rings (SSSR count). The van der Waals surface area contributed by atoms with Gasteiger partial charge in [0.25, 0.3) is 5.91 Å². The van der Waals surface area contributed by atoms with E-state index in [4.69, 9.17) is 26.1 Å². The minimum atomic E-state index is -0.826. The van der Waals surface area contributed by atoms with Crippen LogP contribution < -0.4 is 15.1 Å². The first kappa shape index (κ1) is 35.5. The number of halogens is 3. The molecule has 2 heterocycles. The van der Waals surface area contributed by atoms with Gasteiger partial charge in [0.1, 0.15) is 26.4 Å². The maximum Gasteiger partial charge on any atom is 0.407 e. The molecule has 1 saturated heterocycles. The van der Waals surface area contributed by atoms with Crippen molar-refractivity contribution < 1.29 is 28.2 Å². The van der Waals surface area contributed by atoms with Crippen molar-refractivity contribution in [2.45, 2.75) is 78.2 Å². The summed E-state index contributed by atoms with van der Waals surface area (Å²) in [6.07, 6.45) is 1.05. The molecule has 3 aromatic rings. The van der Waals surface area contributed by atoms with Gasteiger partial charge in [0, 0.05) is 36.9 Å². The summed E-state index contributed by atoms with van der Waals surface area (Å²) in [5.74, 6) is -1.45. The lowest BCUT2D eigenvalue weighted by atomic mass is 10.1. The van der Waals surface area contributed by atoms with Crippen LogP contribution in [0.15, 0.2) is 42.5 Å². The highest BCUT2D eigenvalue weighted by atomic mass is 127. The zero-order chi connectivity index (χ0) is 34.0. The van der Waals surface area contributed by atoms with Gasteiger partial charge in [-0.1, -0.05) is 29.8 Å². The molecule has 1 aliphatic heterocycles. The highest BCUT2D eigenvalue weighted by Gasteiger charge is 2.32. The maximum atomic E-state index is 14.7. The predicted octanol–water partition coefficient (Wildman–Crippen LogP) is 7.05. The van der Waals surface area contributed by atoms with Crippen LogP contribution in [0.4, 0.5) is 20.8 Å². The van der Waals surface area contributed by atoms with Crippen molar-refractivity contribution in [2.75, 3.05) is 29.9 Å². The van der Waals surface area contributed by atoms with Crippen molar-refractivity contribution in [1.82, 2.24) is 14.9 Å². The third kappa shape index (κ3) is 8.90. The summed E-state index contributed by atoms with van der Waals surface area (Å²) >= 11 is 8.60. The summed E-state index contributed by atoms with van der Waals surface area (Å²) in [7, 11) is 1.55. The Bertz CT molecular complexity index is 1620. The third-order valence-electron chi connectivity index (χ3n) is 7.08. The number of hydrogen-bond acceptors (Lipinski definition) is 7. The van der Waals surface area contributed by atoms with Crippen LogP contribution in [0.1, 0.15) is 80.8 Å². The van der Waals surface area contributed by atoms with Gasteiger partial charge in [-0.25, -0.2) is 19.0 Å². The van der Waals surface area contributed by atoms with Crippen LogP contribution in [0.25, 0.3) is 0 Å². The Labute approximate surface area is 287 Å². The number of imidazole rings is 1. The molecule has 1 N–H and O–H groups in total. The van der Waals surface area contributed by atoms with Gasteiger partial charge in [-0.15, -0.1) is 0 Å².